The normalized spacial score (nSPS) is 16.1. The van der Waals surface area contributed by atoms with Crippen LogP contribution in [0.2, 0.25) is 0 Å². The van der Waals surface area contributed by atoms with E-state index in [0.29, 0.717) is 10.5 Å². The van der Waals surface area contributed by atoms with Crippen molar-refractivity contribution in [3.05, 3.63) is 39.9 Å². The fraction of sp³-hybridized carbons (Fsp3) is 0.308. The molecule has 0 aliphatic carbocycles. The Bertz CT molecular complexity index is 571. The number of halogens is 4. The predicted octanol–water partition coefficient (Wildman–Crippen LogP) is 4.07. The third-order valence-electron chi connectivity index (χ3n) is 3.05. The second-order valence-corrected chi connectivity index (χ2v) is 5.79. The van der Waals surface area contributed by atoms with E-state index < -0.39 is 11.7 Å². The lowest BCUT2D eigenvalue weighted by Gasteiger charge is -2.27. The van der Waals surface area contributed by atoms with Gasteiger partial charge in [-0.15, -0.1) is 12.6 Å². The Labute approximate surface area is 128 Å². The second-order valence-electron chi connectivity index (χ2n) is 4.39. The minimum absolute atomic E-state index is 0.0308. The van der Waals surface area contributed by atoms with Gasteiger partial charge in [0.1, 0.15) is 0 Å². The van der Waals surface area contributed by atoms with Crippen LogP contribution >= 0.6 is 28.6 Å². The molecular formula is C13H11BrF3NOS. The van der Waals surface area contributed by atoms with E-state index in [-0.39, 0.29) is 25.4 Å². The average Bonchev–Trinajstić information content (AvgIpc) is 2.37. The van der Waals surface area contributed by atoms with Crippen molar-refractivity contribution in [3.63, 3.8) is 0 Å². The van der Waals surface area contributed by atoms with Gasteiger partial charge in [-0.25, -0.2) is 0 Å². The summed E-state index contributed by atoms with van der Waals surface area (Å²) in [6.45, 7) is 0.0322. The number of carbonyl (C=O) groups is 1. The summed E-state index contributed by atoms with van der Waals surface area (Å²) in [6, 6.07) is 4.99. The first-order valence-electron chi connectivity index (χ1n) is 5.83. The molecule has 0 atom stereocenters. The summed E-state index contributed by atoms with van der Waals surface area (Å²) in [6.07, 6.45) is -3.41. The lowest BCUT2D eigenvalue weighted by molar-refractivity contribution is -0.0957. The molecule has 0 spiro atoms. The van der Waals surface area contributed by atoms with E-state index >= 15 is 0 Å². The van der Waals surface area contributed by atoms with Crippen LogP contribution in [0.4, 0.5) is 13.2 Å². The van der Waals surface area contributed by atoms with Crippen LogP contribution in [0, 0.1) is 0 Å². The molecule has 0 saturated carbocycles. The van der Waals surface area contributed by atoms with Crippen LogP contribution in [-0.2, 0) is 0 Å². The first-order chi connectivity index (χ1) is 9.29. The molecule has 0 N–H and O–H groups in total. The smallest absolute Gasteiger partial charge is 0.335 e. The molecule has 0 radical (unpaired) electrons. The number of alkyl halides is 3. The SMILES string of the molecule is O=C(c1ccc(Br)cc1S)N1CC=C(C(F)(F)F)CC1. The van der Waals surface area contributed by atoms with Gasteiger partial charge in [0, 0.05) is 28.0 Å². The molecule has 1 aliphatic heterocycles. The summed E-state index contributed by atoms with van der Waals surface area (Å²) in [5.41, 5.74) is -0.177. The van der Waals surface area contributed by atoms with Gasteiger partial charge in [-0.05, 0) is 24.6 Å². The maximum atomic E-state index is 12.5. The predicted molar refractivity (Wildman–Crippen MR) is 76.1 cm³/mol. The van der Waals surface area contributed by atoms with E-state index in [2.05, 4.69) is 28.6 Å². The topological polar surface area (TPSA) is 20.3 Å². The van der Waals surface area contributed by atoms with Gasteiger partial charge in [0.2, 0.25) is 0 Å². The van der Waals surface area contributed by atoms with Crippen LogP contribution in [0.15, 0.2) is 39.2 Å². The zero-order valence-electron chi connectivity index (χ0n) is 10.2. The van der Waals surface area contributed by atoms with Crippen LogP contribution in [0.1, 0.15) is 16.8 Å². The summed E-state index contributed by atoms with van der Waals surface area (Å²) in [7, 11) is 0. The van der Waals surface area contributed by atoms with E-state index in [9.17, 15) is 18.0 Å². The highest BCUT2D eigenvalue weighted by molar-refractivity contribution is 9.10. The highest BCUT2D eigenvalue weighted by Gasteiger charge is 2.35. The first-order valence-corrected chi connectivity index (χ1v) is 7.07. The number of thiol groups is 1. The average molecular weight is 366 g/mol. The molecule has 1 amide bonds. The highest BCUT2D eigenvalue weighted by Crippen LogP contribution is 2.31. The molecule has 2 rings (SSSR count). The number of hydrogen-bond acceptors (Lipinski definition) is 2. The fourth-order valence-corrected chi connectivity index (χ4v) is 2.81. The molecule has 0 saturated heterocycles. The zero-order chi connectivity index (χ0) is 14.9. The third kappa shape index (κ3) is 3.38. The molecule has 0 fully saturated rings. The first kappa shape index (κ1) is 15.4. The van der Waals surface area contributed by atoms with E-state index in [4.69, 9.17) is 0 Å². The van der Waals surface area contributed by atoms with E-state index in [0.717, 1.165) is 10.5 Å². The van der Waals surface area contributed by atoms with Crippen molar-refractivity contribution in [2.45, 2.75) is 17.5 Å². The van der Waals surface area contributed by atoms with Crippen molar-refractivity contribution < 1.29 is 18.0 Å². The van der Waals surface area contributed by atoms with Crippen molar-refractivity contribution in [1.29, 1.82) is 0 Å². The Hall–Kier alpha value is -0.950. The van der Waals surface area contributed by atoms with E-state index in [1.165, 1.54) is 4.90 Å². The van der Waals surface area contributed by atoms with Gasteiger partial charge in [-0.1, -0.05) is 22.0 Å². The largest absolute Gasteiger partial charge is 0.412 e. The molecule has 0 aromatic heterocycles. The van der Waals surface area contributed by atoms with Gasteiger partial charge in [0.25, 0.3) is 5.91 Å². The minimum Gasteiger partial charge on any atom is -0.335 e. The fourth-order valence-electron chi connectivity index (χ4n) is 1.97. The molecule has 0 bridgehead atoms. The number of carbonyl (C=O) groups excluding carboxylic acids is 1. The summed E-state index contributed by atoms with van der Waals surface area (Å²) < 4.78 is 38.3. The van der Waals surface area contributed by atoms with Crippen molar-refractivity contribution >= 4 is 34.5 Å². The monoisotopic (exact) mass is 365 g/mol. The van der Waals surface area contributed by atoms with Crippen molar-refractivity contribution in [3.8, 4) is 0 Å². The Morgan fingerprint density at radius 3 is 2.55 bits per heavy atom. The number of nitrogens with zero attached hydrogens (tertiary/aromatic N) is 1. The Kier molecular flexibility index (Phi) is 4.49. The summed E-state index contributed by atoms with van der Waals surface area (Å²) in [5, 5.41) is 0. The lowest BCUT2D eigenvalue weighted by Crippen LogP contribution is -2.37. The Balaban J connectivity index is 2.14. The molecule has 20 heavy (non-hydrogen) atoms. The number of benzene rings is 1. The maximum absolute atomic E-state index is 12.5. The molecule has 1 aromatic rings. The summed E-state index contributed by atoms with van der Waals surface area (Å²) in [4.78, 5) is 14.1. The van der Waals surface area contributed by atoms with Crippen molar-refractivity contribution in [2.24, 2.45) is 0 Å². The molecule has 108 valence electrons. The number of rotatable bonds is 1. The van der Waals surface area contributed by atoms with Crippen LogP contribution in [0.3, 0.4) is 0 Å². The van der Waals surface area contributed by atoms with E-state index in [1.807, 2.05) is 0 Å². The van der Waals surface area contributed by atoms with Crippen LogP contribution in [-0.4, -0.2) is 30.1 Å². The number of amides is 1. The van der Waals surface area contributed by atoms with Gasteiger partial charge in [0.05, 0.1) is 5.56 Å². The minimum atomic E-state index is -4.30. The quantitative estimate of drug-likeness (QED) is 0.587. The van der Waals surface area contributed by atoms with Gasteiger partial charge < -0.3 is 4.90 Å². The van der Waals surface area contributed by atoms with Gasteiger partial charge in [0.15, 0.2) is 0 Å². The van der Waals surface area contributed by atoms with Crippen molar-refractivity contribution in [1.82, 2.24) is 4.90 Å². The van der Waals surface area contributed by atoms with Crippen LogP contribution in [0.5, 0.6) is 0 Å². The zero-order valence-corrected chi connectivity index (χ0v) is 12.7. The van der Waals surface area contributed by atoms with Gasteiger partial charge >= 0.3 is 6.18 Å². The standard InChI is InChI=1S/C13H11BrF3NOS/c14-9-1-2-10(11(20)7-9)12(19)18-5-3-8(4-6-18)13(15,16)17/h1-3,7,20H,4-6H2. The van der Waals surface area contributed by atoms with Crippen molar-refractivity contribution in [2.75, 3.05) is 13.1 Å². The highest BCUT2D eigenvalue weighted by atomic mass is 79.9. The summed E-state index contributed by atoms with van der Waals surface area (Å²) in [5.74, 6) is -0.306. The molecule has 1 heterocycles. The number of hydrogen-bond donors (Lipinski definition) is 1. The molecule has 0 unspecified atom stereocenters. The van der Waals surface area contributed by atoms with Crippen LogP contribution in [0.25, 0.3) is 0 Å². The third-order valence-corrected chi connectivity index (χ3v) is 3.91. The lowest BCUT2D eigenvalue weighted by atomic mass is 10.1. The molecule has 1 aliphatic rings. The van der Waals surface area contributed by atoms with Crippen LogP contribution < -0.4 is 0 Å². The summed E-state index contributed by atoms with van der Waals surface area (Å²) >= 11 is 7.48. The second kappa shape index (κ2) is 5.81. The van der Waals surface area contributed by atoms with Gasteiger partial charge in [-0.3, -0.25) is 4.79 Å². The maximum Gasteiger partial charge on any atom is 0.412 e. The molecule has 1 aromatic carbocycles. The van der Waals surface area contributed by atoms with E-state index in [1.54, 1.807) is 18.2 Å². The Morgan fingerprint density at radius 2 is 2.05 bits per heavy atom. The molecule has 2 nitrogen and oxygen atoms in total. The Morgan fingerprint density at radius 1 is 1.35 bits per heavy atom. The van der Waals surface area contributed by atoms with Gasteiger partial charge in [-0.2, -0.15) is 13.2 Å². The molecule has 7 heteroatoms. The molecular weight excluding hydrogens is 355 g/mol.